The van der Waals surface area contributed by atoms with E-state index in [0.717, 1.165) is 19.2 Å². The molecule has 0 fully saturated rings. The molecule has 0 N–H and O–H groups in total. The average molecular weight is 309 g/mol. The maximum Gasteiger partial charge on any atom is 0.381 e. The number of hydrogen-bond acceptors (Lipinski definition) is 3. The third-order valence-electron chi connectivity index (χ3n) is 2.04. The van der Waals surface area contributed by atoms with E-state index in [0.29, 0.717) is 16.8 Å². The van der Waals surface area contributed by atoms with Crippen LogP contribution in [0.2, 0.25) is 0 Å². The van der Waals surface area contributed by atoms with Crippen molar-refractivity contribution in [2.24, 2.45) is 0 Å². The number of benzene rings is 1. The number of rotatable bonds is 4. The van der Waals surface area contributed by atoms with E-state index in [1.807, 2.05) is 0 Å². The van der Waals surface area contributed by atoms with E-state index in [4.69, 9.17) is 4.74 Å². The Morgan fingerprint density at radius 1 is 1.47 bits per heavy atom. The molecule has 0 aliphatic rings. The summed E-state index contributed by atoms with van der Waals surface area (Å²) in [4.78, 5) is 10.9. The predicted octanol–water partition coefficient (Wildman–Crippen LogP) is 3.11. The fourth-order valence-corrected chi connectivity index (χ4v) is 1.71. The third kappa shape index (κ3) is 2.94. The lowest BCUT2D eigenvalue weighted by atomic mass is 10.1. The minimum absolute atomic E-state index is 0.362. The van der Waals surface area contributed by atoms with Crippen molar-refractivity contribution in [3.8, 4) is 5.75 Å². The zero-order valence-electron chi connectivity index (χ0n) is 9.30. The second-order valence-corrected chi connectivity index (χ2v) is 4.00. The number of alkyl halides is 2. The Balaban J connectivity index is 3.08. The number of carbonyl (C=O) groups excluding carboxylic acids is 1. The topological polar surface area (TPSA) is 35.5 Å². The molecule has 0 bridgehead atoms. The molecule has 0 unspecified atom stereocenters. The normalized spacial score (nSPS) is 11.1. The van der Waals surface area contributed by atoms with Gasteiger partial charge in [0.25, 0.3) is 0 Å². The highest BCUT2D eigenvalue weighted by atomic mass is 79.9. The van der Waals surface area contributed by atoms with Gasteiger partial charge in [0, 0.05) is 5.56 Å². The molecule has 1 rings (SSSR count). The molecule has 0 heterocycles. The molecule has 1 aromatic rings. The van der Waals surface area contributed by atoms with E-state index >= 15 is 0 Å². The van der Waals surface area contributed by atoms with E-state index in [9.17, 15) is 13.6 Å². The van der Waals surface area contributed by atoms with E-state index in [1.165, 1.54) is 6.07 Å². The summed E-state index contributed by atoms with van der Waals surface area (Å²) in [6.45, 7) is 2.20. The molecular weight excluding hydrogens is 298 g/mol. The predicted molar refractivity (Wildman–Crippen MR) is 61.2 cm³/mol. The zero-order chi connectivity index (χ0) is 13.1. The van der Waals surface area contributed by atoms with Gasteiger partial charge in [-0.1, -0.05) is 0 Å². The Morgan fingerprint density at radius 3 is 2.59 bits per heavy atom. The van der Waals surface area contributed by atoms with Gasteiger partial charge in [-0.15, -0.1) is 0 Å². The number of ether oxygens (including phenoxy) is 2. The van der Waals surface area contributed by atoms with Crippen LogP contribution in [-0.4, -0.2) is 19.7 Å². The lowest BCUT2D eigenvalue weighted by Crippen LogP contribution is -2.27. The van der Waals surface area contributed by atoms with Crippen LogP contribution in [0, 0.1) is 0 Å². The first-order valence-corrected chi connectivity index (χ1v) is 5.61. The summed E-state index contributed by atoms with van der Waals surface area (Å²) >= 11 is 3.10. The quantitative estimate of drug-likeness (QED) is 0.802. The van der Waals surface area contributed by atoms with Crippen LogP contribution < -0.4 is 4.74 Å². The van der Waals surface area contributed by atoms with E-state index in [1.54, 1.807) is 6.92 Å². The van der Waals surface area contributed by atoms with Crippen molar-refractivity contribution < 1.29 is 23.0 Å². The molecule has 0 spiro atoms. The monoisotopic (exact) mass is 308 g/mol. The minimum atomic E-state index is -3.66. The molecule has 0 aromatic heterocycles. The molecule has 0 amide bonds. The summed E-state index contributed by atoms with van der Waals surface area (Å²) in [5.41, 5.74) is -0.445. The minimum Gasteiger partial charge on any atom is -0.493 e. The molecule has 0 saturated carbocycles. The Morgan fingerprint density at radius 2 is 2.12 bits per heavy atom. The third-order valence-corrected chi connectivity index (χ3v) is 2.66. The number of halogens is 3. The number of carbonyl (C=O) groups is 1. The van der Waals surface area contributed by atoms with E-state index < -0.39 is 17.5 Å². The smallest absolute Gasteiger partial charge is 0.381 e. The molecule has 3 nitrogen and oxygen atoms in total. The van der Waals surface area contributed by atoms with Crippen LogP contribution in [0.1, 0.15) is 12.5 Å². The summed E-state index contributed by atoms with van der Waals surface area (Å²) in [6.07, 6.45) is 0. The molecule has 1 aromatic carbocycles. The molecular formula is C11H11BrF2O3. The largest absolute Gasteiger partial charge is 0.493 e. The SMILES string of the molecule is CCOc1ccc(C(F)(F)C(=O)OC)cc1Br. The maximum absolute atomic E-state index is 13.5. The Kier molecular flexibility index (Phi) is 4.45. The fraction of sp³-hybridized carbons (Fsp3) is 0.364. The highest BCUT2D eigenvalue weighted by molar-refractivity contribution is 9.10. The second-order valence-electron chi connectivity index (χ2n) is 3.14. The molecule has 6 heteroatoms. The maximum atomic E-state index is 13.5. The number of hydrogen-bond donors (Lipinski definition) is 0. The lowest BCUT2D eigenvalue weighted by Gasteiger charge is -2.15. The molecule has 0 aliphatic heterocycles. The standard InChI is InChI=1S/C11H11BrF2O3/c1-3-17-9-5-4-7(6-8(9)12)11(13,14)10(15)16-2/h4-6H,3H2,1-2H3. The van der Waals surface area contributed by atoms with Gasteiger partial charge in [0.05, 0.1) is 18.2 Å². The second kappa shape index (κ2) is 5.44. The Labute approximate surface area is 106 Å². The molecule has 94 valence electrons. The van der Waals surface area contributed by atoms with Crippen molar-refractivity contribution in [2.45, 2.75) is 12.8 Å². The first kappa shape index (κ1) is 13.9. The molecule has 0 saturated heterocycles. The lowest BCUT2D eigenvalue weighted by molar-refractivity contribution is -0.170. The van der Waals surface area contributed by atoms with Gasteiger partial charge in [0.1, 0.15) is 5.75 Å². The Hall–Kier alpha value is -1.17. The van der Waals surface area contributed by atoms with Gasteiger partial charge < -0.3 is 9.47 Å². The zero-order valence-corrected chi connectivity index (χ0v) is 10.9. The van der Waals surface area contributed by atoms with Gasteiger partial charge in [-0.25, -0.2) is 4.79 Å². The molecule has 0 radical (unpaired) electrons. The van der Waals surface area contributed by atoms with E-state index in [-0.39, 0.29) is 0 Å². The van der Waals surface area contributed by atoms with Crippen LogP contribution in [0.25, 0.3) is 0 Å². The van der Waals surface area contributed by atoms with Crippen molar-refractivity contribution in [1.29, 1.82) is 0 Å². The van der Waals surface area contributed by atoms with Crippen LogP contribution >= 0.6 is 15.9 Å². The van der Waals surface area contributed by atoms with Crippen molar-refractivity contribution in [3.63, 3.8) is 0 Å². The van der Waals surface area contributed by atoms with Gasteiger partial charge in [-0.05, 0) is 41.1 Å². The van der Waals surface area contributed by atoms with Crippen LogP contribution in [0.3, 0.4) is 0 Å². The first-order valence-electron chi connectivity index (χ1n) is 4.82. The summed E-state index contributed by atoms with van der Waals surface area (Å²) in [6, 6.07) is 3.65. The summed E-state index contributed by atoms with van der Waals surface area (Å²) in [7, 11) is 0.917. The van der Waals surface area contributed by atoms with Crippen molar-refractivity contribution in [2.75, 3.05) is 13.7 Å². The van der Waals surface area contributed by atoms with Gasteiger partial charge in [0.2, 0.25) is 0 Å². The number of esters is 1. The van der Waals surface area contributed by atoms with Crippen molar-refractivity contribution in [1.82, 2.24) is 0 Å². The van der Waals surface area contributed by atoms with Crippen LogP contribution in [0.15, 0.2) is 22.7 Å². The van der Waals surface area contributed by atoms with Crippen LogP contribution in [0.5, 0.6) is 5.75 Å². The summed E-state index contributed by atoms with van der Waals surface area (Å²) in [5, 5.41) is 0. The van der Waals surface area contributed by atoms with Crippen molar-refractivity contribution in [3.05, 3.63) is 28.2 Å². The summed E-state index contributed by atoms with van der Waals surface area (Å²) < 4.78 is 36.6. The fourth-order valence-electron chi connectivity index (χ4n) is 1.21. The van der Waals surface area contributed by atoms with Gasteiger partial charge in [0.15, 0.2) is 0 Å². The summed E-state index contributed by atoms with van der Waals surface area (Å²) in [5.74, 6) is -4.81. The molecule has 17 heavy (non-hydrogen) atoms. The van der Waals surface area contributed by atoms with Gasteiger partial charge in [-0.3, -0.25) is 0 Å². The highest BCUT2D eigenvalue weighted by Gasteiger charge is 2.42. The van der Waals surface area contributed by atoms with Gasteiger partial charge in [-0.2, -0.15) is 8.78 Å². The average Bonchev–Trinajstić information content (AvgIpc) is 2.30. The first-order chi connectivity index (χ1) is 7.93. The number of methoxy groups -OCH3 is 1. The van der Waals surface area contributed by atoms with Crippen LogP contribution in [0.4, 0.5) is 8.78 Å². The Bertz CT molecular complexity index is 421. The van der Waals surface area contributed by atoms with E-state index in [2.05, 4.69) is 20.7 Å². The molecule has 0 aliphatic carbocycles. The van der Waals surface area contributed by atoms with Crippen molar-refractivity contribution >= 4 is 21.9 Å². The van der Waals surface area contributed by atoms with Gasteiger partial charge >= 0.3 is 11.9 Å². The molecule has 0 atom stereocenters. The van der Waals surface area contributed by atoms with Crippen LogP contribution in [-0.2, 0) is 15.5 Å². The highest BCUT2D eigenvalue weighted by Crippen LogP contribution is 2.34.